The molecule has 0 saturated carbocycles. The maximum Gasteiger partial charge on any atom is 0.318 e. The summed E-state index contributed by atoms with van der Waals surface area (Å²) in [5.41, 5.74) is 3.11. The summed E-state index contributed by atoms with van der Waals surface area (Å²) < 4.78 is 19.2. The summed E-state index contributed by atoms with van der Waals surface area (Å²) in [6, 6.07) is 13.8. The average molecular weight is 423 g/mol. The molecule has 0 unspecified atom stereocenters. The molecule has 7 nitrogen and oxygen atoms in total. The zero-order valence-corrected chi connectivity index (χ0v) is 17.6. The number of carbonyl (C=O) groups excluding carboxylic acids is 1. The molecule has 0 spiro atoms. The minimum Gasteiger partial charge on any atom is -0.372 e. The van der Waals surface area contributed by atoms with Crippen molar-refractivity contribution in [3.63, 3.8) is 0 Å². The number of aryl methyl sites for hydroxylation is 2. The quantitative estimate of drug-likeness (QED) is 0.632. The maximum absolute atomic E-state index is 13.1. The van der Waals surface area contributed by atoms with Gasteiger partial charge in [0.15, 0.2) is 5.82 Å². The monoisotopic (exact) mass is 423 g/mol. The molecule has 31 heavy (non-hydrogen) atoms. The lowest BCUT2D eigenvalue weighted by Gasteiger charge is -2.22. The van der Waals surface area contributed by atoms with Crippen LogP contribution in [0.25, 0.3) is 0 Å². The molecule has 0 aliphatic carbocycles. The van der Waals surface area contributed by atoms with Gasteiger partial charge in [0.25, 0.3) is 0 Å². The first-order chi connectivity index (χ1) is 15.0. The third kappa shape index (κ3) is 5.27. The van der Waals surface area contributed by atoms with E-state index in [4.69, 9.17) is 4.74 Å². The van der Waals surface area contributed by atoms with Crippen molar-refractivity contribution in [3.8, 4) is 0 Å². The van der Waals surface area contributed by atoms with E-state index in [9.17, 15) is 9.18 Å². The van der Waals surface area contributed by atoms with E-state index in [1.54, 1.807) is 17.0 Å². The number of halogens is 1. The van der Waals surface area contributed by atoms with Crippen LogP contribution in [0.2, 0.25) is 0 Å². The molecule has 2 N–H and O–H groups in total. The summed E-state index contributed by atoms with van der Waals surface area (Å²) >= 11 is 0. The Morgan fingerprint density at radius 3 is 2.74 bits per heavy atom. The second kappa shape index (κ2) is 9.26. The number of likely N-dealkylation sites (tertiary alicyclic amines) is 1. The van der Waals surface area contributed by atoms with E-state index in [0.29, 0.717) is 37.8 Å². The van der Waals surface area contributed by atoms with Gasteiger partial charge in [-0.25, -0.2) is 14.2 Å². The zero-order chi connectivity index (χ0) is 21.8. The Bertz CT molecular complexity index is 1040. The summed E-state index contributed by atoms with van der Waals surface area (Å²) in [4.78, 5) is 19.1. The minimum atomic E-state index is -0.303. The number of nitrogens with zero attached hydrogens (tertiary/aromatic N) is 3. The first-order valence-electron chi connectivity index (χ1n) is 10.3. The van der Waals surface area contributed by atoms with Crippen molar-refractivity contribution in [2.75, 3.05) is 6.54 Å². The molecule has 1 saturated heterocycles. The molecule has 1 aliphatic heterocycles. The van der Waals surface area contributed by atoms with E-state index in [1.807, 2.05) is 32.0 Å². The Morgan fingerprint density at radius 2 is 2.03 bits per heavy atom. The number of aromatic amines is 1. The van der Waals surface area contributed by atoms with Crippen LogP contribution in [-0.4, -0.2) is 38.8 Å². The lowest BCUT2D eigenvalue weighted by atomic mass is 10.1. The highest BCUT2D eigenvalue weighted by Crippen LogP contribution is 2.32. The summed E-state index contributed by atoms with van der Waals surface area (Å²) in [6.45, 7) is 5.12. The van der Waals surface area contributed by atoms with Gasteiger partial charge >= 0.3 is 6.03 Å². The summed E-state index contributed by atoms with van der Waals surface area (Å²) in [6.07, 6.45) is 0.494. The van der Waals surface area contributed by atoms with E-state index < -0.39 is 0 Å². The van der Waals surface area contributed by atoms with Gasteiger partial charge < -0.3 is 15.0 Å². The number of urea groups is 1. The fraction of sp³-hybridized carbons (Fsp3) is 0.348. The second-order valence-corrected chi connectivity index (χ2v) is 7.89. The number of aromatic nitrogens is 3. The molecule has 1 aromatic heterocycles. The van der Waals surface area contributed by atoms with E-state index in [0.717, 1.165) is 11.1 Å². The van der Waals surface area contributed by atoms with Crippen LogP contribution in [0.15, 0.2) is 48.5 Å². The highest BCUT2D eigenvalue weighted by atomic mass is 19.1. The molecular formula is C23H26FN5O2. The maximum atomic E-state index is 13.1. The SMILES string of the molecule is Cc1cccc(CO[C@H]2C[C@@H](c3n[nH]c(C)n3)N(C(=O)NCc3ccc(F)cc3)C2)c1. The van der Waals surface area contributed by atoms with E-state index in [1.165, 1.54) is 17.7 Å². The van der Waals surface area contributed by atoms with Crippen molar-refractivity contribution in [1.29, 1.82) is 0 Å². The molecule has 2 heterocycles. The Balaban J connectivity index is 1.42. The van der Waals surface area contributed by atoms with Gasteiger partial charge in [-0.15, -0.1) is 0 Å². The van der Waals surface area contributed by atoms with Crippen LogP contribution >= 0.6 is 0 Å². The van der Waals surface area contributed by atoms with Crippen molar-refractivity contribution in [1.82, 2.24) is 25.4 Å². The van der Waals surface area contributed by atoms with Gasteiger partial charge in [-0.2, -0.15) is 5.10 Å². The molecule has 0 bridgehead atoms. The van der Waals surface area contributed by atoms with E-state index in [-0.39, 0.29) is 24.0 Å². The van der Waals surface area contributed by atoms with Crippen LogP contribution in [0.4, 0.5) is 9.18 Å². The van der Waals surface area contributed by atoms with Gasteiger partial charge in [0.1, 0.15) is 11.6 Å². The van der Waals surface area contributed by atoms with Gasteiger partial charge in [-0.3, -0.25) is 5.10 Å². The number of amides is 2. The van der Waals surface area contributed by atoms with Crippen molar-refractivity contribution < 1.29 is 13.9 Å². The predicted octanol–water partition coefficient (Wildman–Crippen LogP) is 3.80. The first kappa shape index (κ1) is 21.0. The number of hydrogen-bond acceptors (Lipinski definition) is 4. The number of nitrogens with one attached hydrogen (secondary N) is 2. The molecule has 3 aromatic rings. The normalized spacial score (nSPS) is 18.4. The van der Waals surface area contributed by atoms with Gasteiger partial charge in [0, 0.05) is 19.5 Å². The van der Waals surface area contributed by atoms with Crippen molar-refractivity contribution in [3.05, 3.63) is 82.7 Å². The third-order valence-corrected chi connectivity index (χ3v) is 5.36. The molecule has 1 aliphatic rings. The summed E-state index contributed by atoms with van der Waals surface area (Å²) in [5.74, 6) is 0.977. The fourth-order valence-corrected chi connectivity index (χ4v) is 3.79. The number of ether oxygens (including phenoxy) is 1. The Kier molecular flexibility index (Phi) is 6.27. The van der Waals surface area contributed by atoms with Gasteiger partial charge in [-0.1, -0.05) is 42.0 Å². The van der Waals surface area contributed by atoms with E-state index >= 15 is 0 Å². The molecule has 8 heteroatoms. The predicted molar refractivity (Wildman–Crippen MR) is 114 cm³/mol. The van der Waals surface area contributed by atoms with Crippen molar-refractivity contribution in [2.24, 2.45) is 0 Å². The molecule has 4 rings (SSSR count). The molecule has 162 valence electrons. The highest BCUT2D eigenvalue weighted by molar-refractivity contribution is 5.75. The van der Waals surface area contributed by atoms with Crippen LogP contribution in [0.5, 0.6) is 0 Å². The Morgan fingerprint density at radius 1 is 1.23 bits per heavy atom. The van der Waals surface area contributed by atoms with Gasteiger partial charge in [0.05, 0.1) is 18.8 Å². The zero-order valence-electron chi connectivity index (χ0n) is 17.6. The van der Waals surface area contributed by atoms with Crippen LogP contribution in [0.3, 0.4) is 0 Å². The average Bonchev–Trinajstić information content (AvgIpc) is 3.38. The van der Waals surface area contributed by atoms with E-state index in [2.05, 4.69) is 26.6 Å². The molecule has 2 amide bonds. The number of H-pyrrole nitrogens is 1. The smallest absolute Gasteiger partial charge is 0.318 e. The lowest BCUT2D eigenvalue weighted by molar-refractivity contribution is 0.0483. The largest absolute Gasteiger partial charge is 0.372 e. The van der Waals surface area contributed by atoms with Crippen molar-refractivity contribution >= 4 is 6.03 Å². The minimum absolute atomic E-state index is 0.124. The van der Waals surface area contributed by atoms with Crippen LogP contribution in [-0.2, 0) is 17.9 Å². The molecule has 1 fully saturated rings. The topological polar surface area (TPSA) is 83.1 Å². The lowest BCUT2D eigenvalue weighted by Crippen LogP contribution is -2.40. The van der Waals surface area contributed by atoms with Crippen LogP contribution in [0.1, 0.15) is 40.8 Å². The number of hydrogen-bond donors (Lipinski definition) is 2. The standard InChI is InChI=1S/C23H26FN5O2/c1-15-4-3-5-18(10-15)14-31-20-11-21(22-26-16(2)27-28-22)29(13-20)23(30)25-12-17-6-8-19(24)9-7-17/h3-10,20-21H,11-14H2,1-2H3,(H,25,30)(H,26,27,28)/t20-,21-/m0/s1. The Labute approximate surface area is 180 Å². The third-order valence-electron chi connectivity index (χ3n) is 5.36. The summed E-state index contributed by atoms with van der Waals surface area (Å²) in [5, 5.41) is 10.0. The van der Waals surface area contributed by atoms with Crippen LogP contribution < -0.4 is 5.32 Å². The molecule has 2 atom stereocenters. The number of rotatable bonds is 6. The highest BCUT2D eigenvalue weighted by Gasteiger charge is 2.39. The number of benzene rings is 2. The van der Waals surface area contributed by atoms with Crippen LogP contribution in [0, 0.1) is 19.7 Å². The fourth-order valence-electron chi connectivity index (χ4n) is 3.79. The Hall–Kier alpha value is -3.26. The molecule has 0 radical (unpaired) electrons. The summed E-state index contributed by atoms with van der Waals surface area (Å²) in [7, 11) is 0. The van der Waals surface area contributed by atoms with Gasteiger partial charge in [0.2, 0.25) is 0 Å². The molecule has 2 aromatic carbocycles. The van der Waals surface area contributed by atoms with Crippen molar-refractivity contribution in [2.45, 2.75) is 45.6 Å². The van der Waals surface area contributed by atoms with Gasteiger partial charge in [-0.05, 0) is 37.1 Å². The second-order valence-electron chi connectivity index (χ2n) is 7.89. The molecular weight excluding hydrogens is 397 g/mol. The number of carbonyl (C=O) groups is 1. The first-order valence-corrected chi connectivity index (χ1v) is 10.3.